The molecule has 0 radical (unpaired) electrons. The van der Waals surface area contributed by atoms with Crippen LogP contribution in [0.15, 0.2) is 22.2 Å². The molecule has 2 rings (SSSR count). The van der Waals surface area contributed by atoms with Crippen molar-refractivity contribution in [2.24, 2.45) is 0 Å². The Labute approximate surface area is 129 Å². The van der Waals surface area contributed by atoms with Gasteiger partial charge >= 0.3 is 11.9 Å². The van der Waals surface area contributed by atoms with Gasteiger partial charge in [0.1, 0.15) is 17.1 Å². The van der Waals surface area contributed by atoms with Crippen LogP contribution in [0.25, 0.3) is 6.08 Å². The third-order valence-corrected chi connectivity index (χ3v) is 3.35. The standard InChI is InChI=1S/C14H13BrO6/c1-14(2)20-12(17)8(13(18)21-14)4-7-5-9(15)10(16)6-11(7)19-3/h4-6,16H,1-3H3. The summed E-state index contributed by atoms with van der Waals surface area (Å²) in [6, 6.07) is 2.88. The zero-order chi connectivity index (χ0) is 15.8. The average molecular weight is 357 g/mol. The summed E-state index contributed by atoms with van der Waals surface area (Å²) in [5, 5.41) is 9.60. The molecule has 21 heavy (non-hydrogen) atoms. The molecule has 1 fully saturated rings. The van der Waals surface area contributed by atoms with Gasteiger partial charge in [-0.15, -0.1) is 0 Å². The molecule has 0 spiro atoms. The second-order valence-electron chi connectivity index (χ2n) is 4.78. The molecular formula is C14H13BrO6. The summed E-state index contributed by atoms with van der Waals surface area (Å²) in [5.74, 6) is -2.56. The predicted molar refractivity (Wildman–Crippen MR) is 76.6 cm³/mol. The number of rotatable bonds is 2. The molecule has 1 saturated heterocycles. The molecule has 1 aliphatic rings. The highest BCUT2D eigenvalue weighted by Gasteiger charge is 2.39. The molecule has 0 aliphatic carbocycles. The Morgan fingerprint density at radius 2 is 1.81 bits per heavy atom. The lowest BCUT2D eigenvalue weighted by molar-refractivity contribution is -0.222. The molecule has 112 valence electrons. The van der Waals surface area contributed by atoms with E-state index >= 15 is 0 Å². The van der Waals surface area contributed by atoms with E-state index in [0.717, 1.165) is 0 Å². The number of methoxy groups -OCH3 is 1. The van der Waals surface area contributed by atoms with Crippen molar-refractivity contribution < 1.29 is 28.9 Å². The fourth-order valence-electron chi connectivity index (χ4n) is 1.78. The molecule has 1 aliphatic heterocycles. The van der Waals surface area contributed by atoms with E-state index in [9.17, 15) is 14.7 Å². The molecule has 1 N–H and O–H groups in total. The molecule has 1 heterocycles. The van der Waals surface area contributed by atoms with E-state index in [1.807, 2.05) is 0 Å². The number of benzene rings is 1. The summed E-state index contributed by atoms with van der Waals surface area (Å²) in [6.07, 6.45) is 1.29. The molecule has 1 aromatic rings. The van der Waals surface area contributed by atoms with Crippen LogP contribution in [-0.2, 0) is 19.1 Å². The molecule has 0 amide bonds. The van der Waals surface area contributed by atoms with Crippen LogP contribution in [0.4, 0.5) is 0 Å². The van der Waals surface area contributed by atoms with Crippen LogP contribution < -0.4 is 4.74 Å². The van der Waals surface area contributed by atoms with Gasteiger partial charge in [0.25, 0.3) is 5.79 Å². The lowest BCUT2D eigenvalue weighted by atomic mass is 10.1. The molecule has 0 aromatic heterocycles. The summed E-state index contributed by atoms with van der Waals surface area (Å²) in [7, 11) is 1.41. The molecule has 7 heteroatoms. The summed E-state index contributed by atoms with van der Waals surface area (Å²) in [6.45, 7) is 2.94. The lowest BCUT2D eigenvalue weighted by Gasteiger charge is -2.29. The third kappa shape index (κ3) is 3.18. The minimum absolute atomic E-state index is 0.0241. The summed E-state index contributed by atoms with van der Waals surface area (Å²) >= 11 is 3.16. The Morgan fingerprint density at radius 1 is 1.24 bits per heavy atom. The van der Waals surface area contributed by atoms with Gasteiger partial charge in [0.05, 0.1) is 11.6 Å². The van der Waals surface area contributed by atoms with Crippen molar-refractivity contribution in [1.29, 1.82) is 0 Å². The van der Waals surface area contributed by atoms with Crippen molar-refractivity contribution >= 4 is 33.9 Å². The van der Waals surface area contributed by atoms with Gasteiger partial charge in [-0.1, -0.05) is 0 Å². The molecule has 0 atom stereocenters. The van der Waals surface area contributed by atoms with Crippen molar-refractivity contribution in [3.8, 4) is 11.5 Å². The number of esters is 2. The highest BCUT2D eigenvalue weighted by atomic mass is 79.9. The minimum atomic E-state index is -1.29. The number of phenols is 1. The molecule has 6 nitrogen and oxygen atoms in total. The van der Waals surface area contributed by atoms with Gasteiger partial charge in [-0.25, -0.2) is 9.59 Å². The first-order chi connectivity index (χ1) is 9.73. The van der Waals surface area contributed by atoms with Crippen molar-refractivity contribution in [3.63, 3.8) is 0 Å². The van der Waals surface area contributed by atoms with E-state index in [1.165, 1.54) is 39.2 Å². The van der Waals surface area contributed by atoms with Gasteiger partial charge in [-0.05, 0) is 28.1 Å². The topological polar surface area (TPSA) is 82.1 Å². The third-order valence-electron chi connectivity index (χ3n) is 2.72. The van der Waals surface area contributed by atoms with E-state index in [0.29, 0.717) is 15.8 Å². The maximum atomic E-state index is 11.9. The Hall–Kier alpha value is -2.02. The zero-order valence-electron chi connectivity index (χ0n) is 11.6. The highest BCUT2D eigenvalue weighted by Crippen LogP contribution is 2.34. The SMILES string of the molecule is COc1cc(O)c(Br)cc1C=C1C(=O)OC(C)(C)OC1=O. The largest absolute Gasteiger partial charge is 0.507 e. The monoisotopic (exact) mass is 356 g/mol. The van der Waals surface area contributed by atoms with Gasteiger partial charge in [-0.3, -0.25) is 0 Å². The molecule has 1 aromatic carbocycles. The molecular weight excluding hydrogens is 344 g/mol. The van der Waals surface area contributed by atoms with Gasteiger partial charge < -0.3 is 19.3 Å². The second kappa shape index (κ2) is 5.40. The van der Waals surface area contributed by atoms with E-state index in [4.69, 9.17) is 14.2 Å². The molecule has 0 unspecified atom stereocenters. The number of carbonyl (C=O) groups excluding carboxylic acids is 2. The fraction of sp³-hybridized carbons (Fsp3) is 0.286. The van der Waals surface area contributed by atoms with E-state index < -0.39 is 17.7 Å². The van der Waals surface area contributed by atoms with Gasteiger partial charge in [0.2, 0.25) is 0 Å². The van der Waals surface area contributed by atoms with Crippen LogP contribution in [0, 0.1) is 0 Å². The van der Waals surface area contributed by atoms with Crippen LogP contribution in [0.1, 0.15) is 19.4 Å². The van der Waals surface area contributed by atoms with Gasteiger partial charge in [-0.2, -0.15) is 0 Å². The number of ether oxygens (including phenoxy) is 3. The number of phenolic OH excluding ortho intramolecular Hbond substituents is 1. The van der Waals surface area contributed by atoms with Crippen molar-refractivity contribution in [2.45, 2.75) is 19.6 Å². The number of cyclic esters (lactones) is 2. The molecule has 0 bridgehead atoms. The smallest absolute Gasteiger partial charge is 0.348 e. The van der Waals surface area contributed by atoms with Crippen LogP contribution in [0.2, 0.25) is 0 Å². The van der Waals surface area contributed by atoms with E-state index in [2.05, 4.69) is 15.9 Å². The van der Waals surface area contributed by atoms with Crippen LogP contribution in [0.5, 0.6) is 11.5 Å². The summed E-state index contributed by atoms with van der Waals surface area (Å²) in [5.41, 5.74) is 0.177. The van der Waals surface area contributed by atoms with Crippen molar-refractivity contribution in [2.75, 3.05) is 7.11 Å². The Balaban J connectivity index is 2.47. The summed E-state index contributed by atoms with van der Waals surface area (Å²) in [4.78, 5) is 23.8. The fourth-order valence-corrected chi connectivity index (χ4v) is 2.14. The Kier molecular flexibility index (Phi) is 3.95. The van der Waals surface area contributed by atoms with Crippen LogP contribution in [0.3, 0.4) is 0 Å². The second-order valence-corrected chi connectivity index (χ2v) is 5.64. The maximum Gasteiger partial charge on any atom is 0.348 e. The first-order valence-electron chi connectivity index (χ1n) is 5.98. The van der Waals surface area contributed by atoms with E-state index in [1.54, 1.807) is 0 Å². The number of carbonyl (C=O) groups is 2. The number of halogens is 1. The predicted octanol–water partition coefficient (Wildman–Crippen LogP) is 2.38. The number of aromatic hydroxyl groups is 1. The Bertz CT molecular complexity index is 625. The zero-order valence-corrected chi connectivity index (χ0v) is 13.2. The normalized spacial score (nSPS) is 17.0. The lowest BCUT2D eigenvalue weighted by Crippen LogP contribution is -2.41. The highest BCUT2D eigenvalue weighted by molar-refractivity contribution is 9.10. The summed E-state index contributed by atoms with van der Waals surface area (Å²) < 4.78 is 15.5. The maximum absolute atomic E-state index is 11.9. The quantitative estimate of drug-likeness (QED) is 0.497. The van der Waals surface area contributed by atoms with Gasteiger partial charge in [0, 0.05) is 25.5 Å². The minimum Gasteiger partial charge on any atom is -0.507 e. The first-order valence-corrected chi connectivity index (χ1v) is 6.77. The van der Waals surface area contributed by atoms with Gasteiger partial charge in [0.15, 0.2) is 0 Å². The van der Waals surface area contributed by atoms with Crippen molar-refractivity contribution in [1.82, 2.24) is 0 Å². The Morgan fingerprint density at radius 3 is 2.33 bits per heavy atom. The number of hydrogen-bond donors (Lipinski definition) is 1. The van der Waals surface area contributed by atoms with Crippen LogP contribution >= 0.6 is 15.9 Å². The van der Waals surface area contributed by atoms with E-state index in [-0.39, 0.29) is 11.3 Å². The van der Waals surface area contributed by atoms with Crippen LogP contribution in [-0.4, -0.2) is 29.9 Å². The first kappa shape index (κ1) is 15.4. The molecule has 0 saturated carbocycles. The van der Waals surface area contributed by atoms with Crippen molar-refractivity contribution in [3.05, 3.63) is 27.7 Å². The number of hydrogen-bond acceptors (Lipinski definition) is 6. The average Bonchev–Trinajstić information content (AvgIpc) is 2.36.